The molecule has 5 heteroatoms. The smallest absolute Gasteiger partial charge is 0.238 e. The highest BCUT2D eigenvalue weighted by Gasteiger charge is 2.22. The molecule has 1 heterocycles. The zero-order chi connectivity index (χ0) is 15.4. The van der Waals surface area contributed by atoms with E-state index < -0.39 is 0 Å². The Morgan fingerprint density at radius 3 is 2.90 bits per heavy atom. The quantitative estimate of drug-likeness (QED) is 0.826. The van der Waals surface area contributed by atoms with Gasteiger partial charge in [0.1, 0.15) is 0 Å². The first-order valence-corrected chi connectivity index (χ1v) is 7.50. The number of nitrogen functional groups attached to an aromatic ring is 1. The molecule has 116 valence electrons. The van der Waals surface area contributed by atoms with E-state index in [0.29, 0.717) is 18.3 Å². The van der Waals surface area contributed by atoms with Crippen LogP contribution in [0.4, 0.5) is 11.4 Å². The highest BCUT2D eigenvalue weighted by Crippen LogP contribution is 2.17. The Balaban J connectivity index is 1.87. The number of hydrogen-bond donors (Lipinski definition) is 2. The zero-order valence-corrected chi connectivity index (χ0v) is 13.2. The van der Waals surface area contributed by atoms with E-state index in [1.165, 1.54) is 6.42 Å². The van der Waals surface area contributed by atoms with Gasteiger partial charge in [-0.15, -0.1) is 0 Å². The maximum atomic E-state index is 12.1. The number of carbonyl (C=O) groups is 1. The van der Waals surface area contributed by atoms with Crippen LogP contribution in [0.2, 0.25) is 0 Å². The van der Waals surface area contributed by atoms with Crippen molar-refractivity contribution in [3.63, 3.8) is 0 Å². The largest absolute Gasteiger partial charge is 0.398 e. The molecule has 1 aromatic carbocycles. The number of nitrogens with one attached hydrogen (secondary N) is 1. The number of anilines is 2. The number of carbonyl (C=O) groups excluding carboxylic acids is 1. The van der Waals surface area contributed by atoms with Crippen LogP contribution < -0.4 is 11.1 Å². The molecule has 1 amide bonds. The van der Waals surface area contributed by atoms with Crippen molar-refractivity contribution >= 4 is 17.3 Å². The maximum absolute atomic E-state index is 12.1. The van der Waals surface area contributed by atoms with E-state index >= 15 is 0 Å². The van der Waals surface area contributed by atoms with E-state index in [2.05, 4.69) is 29.2 Å². The summed E-state index contributed by atoms with van der Waals surface area (Å²) in [6.45, 7) is 4.35. The summed E-state index contributed by atoms with van der Waals surface area (Å²) < 4.78 is 0. The van der Waals surface area contributed by atoms with Crippen LogP contribution in [0.3, 0.4) is 0 Å². The molecular weight excluding hydrogens is 264 g/mol. The van der Waals surface area contributed by atoms with Gasteiger partial charge in [0.25, 0.3) is 0 Å². The van der Waals surface area contributed by atoms with Gasteiger partial charge in [-0.2, -0.15) is 0 Å². The third-order valence-corrected chi connectivity index (χ3v) is 4.14. The molecule has 0 spiro atoms. The minimum Gasteiger partial charge on any atom is -0.398 e. The summed E-state index contributed by atoms with van der Waals surface area (Å²) >= 11 is 0. The minimum absolute atomic E-state index is 0.0256. The van der Waals surface area contributed by atoms with Crippen LogP contribution in [0.5, 0.6) is 0 Å². The number of likely N-dealkylation sites (tertiary alicyclic amines) is 1. The predicted octanol–water partition coefficient (Wildman–Crippen LogP) is 1.54. The van der Waals surface area contributed by atoms with Gasteiger partial charge in [-0.05, 0) is 58.1 Å². The van der Waals surface area contributed by atoms with Crippen LogP contribution in [0.1, 0.15) is 18.4 Å². The SMILES string of the molecule is Cc1ccc(NC(=O)CN2CCCC(N(C)C)C2)cc1N. The van der Waals surface area contributed by atoms with Crippen LogP contribution in [-0.2, 0) is 4.79 Å². The molecule has 1 fully saturated rings. The van der Waals surface area contributed by atoms with E-state index in [9.17, 15) is 4.79 Å². The first kappa shape index (κ1) is 15.8. The van der Waals surface area contributed by atoms with E-state index in [1.807, 2.05) is 25.1 Å². The van der Waals surface area contributed by atoms with Gasteiger partial charge >= 0.3 is 0 Å². The lowest BCUT2D eigenvalue weighted by Crippen LogP contribution is -2.47. The summed E-state index contributed by atoms with van der Waals surface area (Å²) in [6, 6.07) is 6.17. The van der Waals surface area contributed by atoms with Gasteiger partial charge in [0, 0.05) is 24.0 Å². The molecule has 0 bridgehead atoms. The molecule has 5 nitrogen and oxygen atoms in total. The highest BCUT2D eigenvalue weighted by molar-refractivity contribution is 5.92. The van der Waals surface area contributed by atoms with Gasteiger partial charge in [-0.1, -0.05) is 6.07 Å². The van der Waals surface area contributed by atoms with E-state index in [1.54, 1.807) is 0 Å². The van der Waals surface area contributed by atoms with Crippen molar-refractivity contribution in [2.45, 2.75) is 25.8 Å². The first-order chi connectivity index (χ1) is 9.95. The van der Waals surface area contributed by atoms with Crippen molar-refractivity contribution in [1.82, 2.24) is 9.80 Å². The normalized spacial score (nSPS) is 19.7. The number of nitrogens with two attached hydrogens (primary N) is 1. The second kappa shape index (κ2) is 6.91. The monoisotopic (exact) mass is 290 g/mol. The van der Waals surface area contributed by atoms with Crippen molar-refractivity contribution in [2.24, 2.45) is 0 Å². The molecule has 0 radical (unpaired) electrons. The van der Waals surface area contributed by atoms with Crippen molar-refractivity contribution in [3.8, 4) is 0 Å². The van der Waals surface area contributed by atoms with Gasteiger partial charge in [0.2, 0.25) is 5.91 Å². The van der Waals surface area contributed by atoms with E-state index in [4.69, 9.17) is 5.73 Å². The Morgan fingerprint density at radius 1 is 1.48 bits per heavy atom. The molecule has 0 aliphatic carbocycles. The number of piperidine rings is 1. The topological polar surface area (TPSA) is 61.6 Å². The van der Waals surface area contributed by atoms with Crippen molar-refractivity contribution in [3.05, 3.63) is 23.8 Å². The fourth-order valence-corrected chi connectivity index (χ4v) is 2.72. The number of rotatable bonds is 4. The number of aryl methyl sites for hydroxylation is 1. The Hall–Kier alpha value is -1.59. The molecule has 1 atom stereocenters. The summed E-state index contributed by atoms with van der Waals surface area (Å²) in [5, 5.41) is 2.93. The Morgan fingerprint density at radius 2 is 2.24 bits per heavy atom. The predicted molar refractivity (Wildman–Crippen MR) is 87.4 cm³/mol. The lowest BCUT2D eigenvalue weighted by molar-refractivity contribution is -0.117. The summed E-state index contributed by atoms with van der Waals surface area (Å²) in [6.07, 6.45) is 2.35. The molecule has 21 heavy (non-hydrogen) atoms. The lowest BCUT2D eigenvalue weighted by Gasteiger charge is -2.35. The average molecular weight is 290 g/mol. The van der Waals surface area contributed by atoms with Crippen LogP contribution in [0.15, 0.2) is 18.2 Å². The van der Waals surface area contributed by atoms with Gasteiger partial charge in [0.05, 0.1) is 6.54 Å². The van der Waals surface area contributed by atoms with Crippen molar-refractivity contribution < 1.29 is 4.79 Å². The standard InChI is InChI=1S/C16H26N4O/c1-12-6-7-13(9-15(12)17)18-16(21)11-20-8-4-5-14(10-20)19(2)3/h6-7,9,14H,4-5,8,10-11,17H2,1-3H3,(H,18,21). The van der Waals surface area contributed by atoms with Gasteiger partial charge in [0.15, 0.2) is 0 Å². The molecule has 2 rings (SSSR count). The van der Waals surface area contributed by atoms with Crippen LogP contribution in [0, 0.1) is 6.92 Å². The third kappa shape index (κ3) is 4.44. The number of hydrogen-bond acceptors (Lipinski definition) is 4. The molecule has 1 aliphatic rings. The first-order valence-electron chi connectivity index (χ1n) is 7.50. The molecule has 1 unspecified atom stereocenters. The summed E-state index contributed by atoms with van der Waals surface area (Å²) in [5.74, 6) is 0.0256. The second-order valence-electron chi connectivity index (χ2n) is 6.11. The minimum atomic E-state index is 0.0256. The van der Waals surface area contributed by atoms with Crippen molar-refractivity contribution in [2.75, 3.05) is 44.8 Å². The third-order valence-electron chi connectivity index (χ3n) is 4.14. The maximum Gasteiger partial charge on any atom is 0.238 e. The molecule has 1 aliphatic heterocycles. The van der Waals surface area contributed by atoms with Gasteiger partial charge in [-0.25, -0.2) is 0 Å². The molecular formula is C16H26N4O. The lowest BCUT2D eigenvalue weighted by atomic mass is 10.1. The van der Waals surface area contributed by atoms with E-state index in [0.717, 1.165) is 30.8 Å². The molecule has 3 N–H and O–H groups in total. The Kier molecular flexibility index (Phi) is 5.20. The fourth-order valence-electron chi connectivity index (χ4n) is 2.72. The number of benzene rings is 1. The summed E-state index contributed by atoms with van der Waals surface area (Å²) in [4.78, 5) is 16.6. The molecule has 0 saturated carbocycles. The van der Waals surface area contributed by atoms with Crippen LogP contribution in [0.25, 0.3) is 0 Å². The number of nitrogens with zero attached hydrogens (tertiary/aromatic N) is 2. The Labute approximate surface area is 127 Å². The van der Waals surface area contributed by atoms with Crippen LogP contribution in [-0.4, -0.2) is 55.5 Å². The van der Waals surface area contributed by atoms with Gasteiger partial charge in [-0.3, -0.25) is 9.69 Å². The number of amides is 1. The summed E-state index contributed by atoms with van der Waals surface area (Å²) in [7, 11) is 4.20. The molecule has 1 aromatic rings. The van der Waals surface area contributed by atoms with E-state index in [-0.39, 0.29) is 5.91 Å². The van der Waals surface area contributed by atoms with Gasteiger partial charge < -0.3 is 16.0 Å². The van der Waals surface area contributed by atoms with Crippen LogP contribution >= 0.6 is 0 Å². The zero-order valence-electron chi connectivity index (χ0n) is 13.2. The summed E-state index contributed by atoms with van der Waals surface area (Å²) in [5.41, 5.74) is 8.37. The Bertz CT molecular complexity index is 501. The second-order valence-corrected chi connectivity index (χ2v) is 6.11. The van der Waals surface area contributed by atoms with Crippen molar-refractivity contribution in [1.29, 1.82) is 0 Å². The number of likely N-dealkylation sites (N-methyl/N-ethyl adjacent to an activating group) is 1. The molecule has 0 aromatic heterocycles. The highest BCUT2D eigenvalue weighted by atomic mass is 16.2. The molecule has 1 saturated heterocycles. The average Bonchev–Trinajstić information content (AvgIpc) is 2.43. The fraction of sp³-hybridized carbons (Fsp3) is 0.562.